The molecule has 1 aliphatic rings. The van der Waals surface area contributed by atoms with Crippen molar-refractivity contribution in [2.75, 3.05) is 5.32 Å². The number of aliphatic hydroxyl groups excluding tert-OH is 1. The predicted molar refractivity (Wildman–Crippen MR) is 112 cm³/mol. The number of H-pyrrole nitrogens is 1. The third kappa shape index (κ3) is 4.36. The van der Waals surface area contributed by atoms with E-state index in [-0.39, 0.29) is 17.9 Å². The number of rotatable bonds is 5. The van der Waals surface area contributed by atoms with E-state index in [2.05, 4.69) is 30.6 Å². The van der Waals surface area contributed by atoms with Crippen LogP contribution in [0.4, 0.5) is 10.2 Å². The molecule has 0 bridgehead atoms. The molecule has 1 unspecified atom stereocenters. The Balaban J connectivity index is 1.53. The summed E-state index contributed by atoms with van der Waals surface area (Å²) in [6.45, 7) is 1.43. The Bertz CT molecular complexity index is 1070. The number of carbonyl (C=O) groups is 1. The van der Waals surface area contributed by atoms with Gasteiger partial charge < -0.3 is 20.7 Å². The summed E-state index contributed by atoms with van der Waals surface area (Å²) in [5.74, 6) is -0.492. The van der Waals surface area contributed by atoms with Gasteiger partial charge in [0.15, 0.2) is 17.5 Å². The van der Waals surface area contributed by atoms with Gasteiger partial charge in [-0.1, -0.05) is 11.6 Å². The van der Waals surface area contributed by atoms with Crippen molar-refractivity contribution < 1.29 is 14.3 Å². The maximum absolute atomic E-state index is 14.4. The lowest BCUT2D eigenvalue weighted by Crippen LogP contribution is -2.45. The van der Waals surface area contributed by atoms with Crippen molar-refractivity contribution in [1.29, 1.82) is 0 Å². The molecule has 3 aromatic heterocycles. The van der Waals surface area contributed by atoms with Crippen LogP contribution in [0.5, 0.6) is 0 Å². The van der Waals surface area contributed by atoms with E-state index < -0.39 is 17.8 Å². The van der Waals surface area contributed by atoms with E-state index in [4.69, 9.17) is 11.6 Å². The summed E-state index contributed by atoms with van der Waals surface area (Å²) in [5.41, 5.74) is 1.31. The summed E-state index contributed by atoms with van der Waals surface area (Å²) >= 11 is 6.05. The number of fused-ring (bicyclic) bond motifs is 1. The van der Waals surface area contributed by atoms with Gasteiger partial charge in [0.25, 0.3) is 0 Å². The van der Waals surface area contributed by atoms with E-state index in [1.165, 1.54) is 6.92 Å². The van der Waals surface area contributed by atoms with E-state index in [0.717, 1.165) is 30.8 Å². The fourth-order valence-corrected chi connectivity index (χ4v) is 3.89. The van der Waals surface area contributed by atoms with Crippen molar-refractivity contribution in [2.24, 2.45) is 0 Å². The number of hydrogen-bond acceptors (Lipinski definition) is 6. The van der Waals surface area contributed by atoms with Crippen LogP contribution < -0.4 is 10.6 Å². The minimum atomic E-state index is -1.06. The highest BCUT2D eigenvalue weighted by Crippen LogP contribution is 2.29. The molecule has 0 spiro atoms. The minimum Gasteiger partial charge on any atom is -0.384 e. The van der Waals surface area contributed by atoms with Gasteiger partial charge in [-0.25, -0.2) is 19.3 Å². The molecule has 10 heteroatoms. The van der Waals surface area contributed by atoms with Crippen molar-refractivity contribution in [3.63, 3.8) is 0 Å². The van der Waals surface area contributed by atoms with Crippen LogP contribution in [-0.4, -0.2) is 49.1 Å². The Morgan fingerprint density at radius 1 is 1.33 bits per heavy atom. The van der Waals surface area contributed by atoms with Crippen LogP contribution in [-0.2, 0) is 4.79 Å². The molecule has 3 atom stereocenters. The lowest BCUT2D eigenvalue weighted by Gasteiger charge is -2.31. The van der Waals surface area contributed by atoms with Crippen LogP contribution >= 0.6 is 11.6 Å². The number of hydrogen-bond donors (Lipinski definition) is 4. The Labute approximate surface area is 177 Å². The van der Waals surface area contributed by atoms with Gasteiger partial charge in [-0.15, -0.1) is 0 Å². The van der Waals surface area contributed by atoms with Crippen molar-refractivity contribution in [3.05, 3.63) is 35.5 Å². The number of pyridine rings is 1. The molecule has 1 aliphatic carbocycles. The molecule has 4 N–H and O–H groups in total. The highest BCUT2D eigenvalue weighted by Gasteiger charge is 2.25. The molecule has 4 rings (SSSR count). The molecular formula is C20H22ClFN6O2. The van der Waals surface area contributed by atoms with Gasteiger partial charge in [-0.3, -0.25) is 4.79 Å². The Hall–Kier alpha value is -2.78. The van der Waals surface area contributed by atoms with E-state index in [1.54, 1.807) is 18.5 Å². The summed E-state index contributed by atoms with van der Waals surface area (Å²) in [6, 6.07) is 1.62. The molecule has 1 fully saturated rings. The zero-order valence-corrected chi connectivity index (χ0v) is 17.1. The summed E-state index contributed by atoms with van der Waals surface area (Å²) in [4.78, 5) is 27.5. The first-order valence-corrected chi connectivity index (χ1v) is 10.2. The SMILES string of the molecule is CC(O)C(=O)N[C@@H]1CCC[C@H](Nc2nc(-c3c[nH]c4ncc(Cl)cc34)ncc2F)C1. The second kappa shape index (κ2) is 8.53. The number of nitrogens with zero attached hydrogens (tertiary/aromatic N) is 3. The van der Waals surface area contributed by atoms with Crippen LogP contribution in [0, 0.1) is 5.82 Å². The second-order valence-electron chi connectivity index (χ2n) is 7.53. The highest BCUT2D eigenvalue weighted by atomic mass is 35.5. The van der Waals surface area contributed by atoms with Gasteiger partial charge >= 0.3 is 0 Å². The first-order valence-electron chi connectivity index (χ1n) is 9.81. The first-order chi connectivity index (χ1) is 14.4. The summed E-state index contributed by atoms with van der Waals surface area (Å²) in [5, 5.41) is 16.6. The maximum atomic E-state index is 14.4. The fraction of sp³-hybridized carbons (Fsp3) is 0.400. The quantitative estimate of drug-likeness (QED) is 0.492. The molecule has 0 aromatic carbocycles. The number of aliphatic hydroxyl groups is 1. The molecular weight excluding hydrogens is 411 g/mol. The van der Waals surface area contributed by atoms with Crippen molar-refractivity contribution in [1.82, 2.24) is 25.3 Å². The van der Waals surface area contributed by atoms with Crippen molar-refractivity contribution >= 4 is 34.4 Å². The topological polar surface area (TPSA) is 116 Å². The van der Waals surface area contributed by atoms with Crippen LogP contribution in [0.3, 0.4) is 0 Å². The zero-order chi connectivity index (χ0) is 21.3. The molecule has 0 aliphatic heterocycles. The number of carbonyl (C=O) groups excluding carboxylic acids is 1. The number of halogens is 2. The average molecular weight is 433 g/mol. The molecule has 0 radical (unpaired) electrons. The third-order valence-electron chi connectivity index (χ3n) is 5.22. The largest absolute Gasteiger partial charge is 0.384 e. The molecule has 1 amide bonds. The lowest BCUT2D eigenvalue weighted by molar-refractivity contribution is -0.129. The average Bonchev–Trinajstić information content (AvgIpc) is 3.13. The van der Waals surface area contributed by atoms with Crippen LogP contribution in [0.2, 0.25) is 5.02 Å². The van der Waals surface area contributed by atoms with Crippen molar-refractivity contribution in [3.8, 4) is 11.4 Å². The Morgan fingerprint density at radius 2 is 2.13 bits per heavy atom. The van der Waals surface area contributed by atoms with Gasteiger partial charge in [0, 0.05) is 35.4 Å². The van der Waals surface area contributed by atoms with Gasteiger partial charge in [0.05, 0.1) is 11.2 Å². The first kappa shape index (κ1) is 20.5. The number of nitrogens with one attached hydrogen (secondary N) is 3. The molecule has 30 heavy (non-hydrogen) atoms. The predicted octanol–water partition coefficient (Wildman–Crippen LogP) is 3.03. The fourth-order valence-electron chi connectivity index (χ4n) is 3.73. The summed E-state index contributed by atoms with van der Waals surface area (Å²) < 4.78 is 14.4. The van der Waals surface area contributed by atoms with E-state index in [0.29, 0.717) is 28.5 Å². The number of aromatic nitrogens is 4. The van der Waals surface area contributed by atoms with Crippen LogP contribution in [0.25, 0.3) is 22.4 Å². The van der Waals surface area contributed by atoms with E-state index in [1.807, 2.05) is 0 Å². The number of aromatic amines is 1. The van der Waals surface area contributed by atoms with Crippen LogP contribution in [0.15, 0.2) is 24.7 Å². The number of amides is 1. The highest BCUT2D eigenvalue weighted by molar-refractivity contribution is 6.31. The normalized spacial score (nSPS) is 20.1. The van der Waals surface area contributed by atoms with E-state index in [9.17, 15) is 14.3 Å². The minimum absolute atomic E-state index is 0.0608. The monoisotopic (exact) mass is 432 g/mol. The zero-order valence-electron chi connectivity index (χ0n) is 16.3. The summed E-state index contributed by atoms with van der Waals surface area (Å²) in [7, 11) is 0. The van der Waals surface area contributed by atoms with Gasteiger partial charge in [0.1, 0.15) is 11.8 Å². The molecule has 3 aromatic rings. The molecule has 158 valence electrons. The van der Waals surface area contributed by atoms with Crippen LogP contribution in [0.1, 0.15) is 32.6 Å². The van der Waals surface area contributed by atoms with Crippen molar-refractivity contribution in [2.45, 2.75) is 50.8 Å². The number of anilines is 1. The summed E-state index contributed by atoms with van der Waals surface area (Å²) in [6.07, 6.45) is 6.46. The van der Waals surface area contributed by atoms with Gasteiger partial charge in [0.2, 0.25) is 5.91 Å². The lowest BCUT2D eigenvalue weighted by atomic mass is 9.91. The Kier molecular flexibility index (Phi) is 5.83. The Morgan fingerprint density at radius 3 is 2.93 bits per heavy atom. The smallest absolute Gasteiger partial charge is 0.248 e. The van der Waals surface area contributed by atoms with Gasteiger partial charge in [-0.05, 0) is 38.7 Å². The third-order valence-corrected chi connectivity index (χ3v) is 5.43. The molecule has 0 saturated heterocycles. The van der Waals surface area contributed by atoms with E-state index >= 15 is 0 Å². The van der Waals surface area contributed by atoms with Gasteiger partial charge in [-0.2, -0.15) is 0 Å². The molecule has 8 nitrogen and oxygen atoms in total. The maximum Gasteiger partial charge on any atom is 0.248 e. The standard InChI is InChI=1S/C20H22ClFN6O2/c1-10(29)20(30)27-13-4-2-3-12(6-13)26-19-16(22)9-25-18(28-19)15-8-24-17-14(15)5-11(21)7-23-17/h5,7-10,12-13,29H,2-4,6H2,1H3,(H,23,24)(H,27,30)(H,25,26,28)/t10?,12-,13+/m0/s1. The second-order valence-corrected chi connectivity index (χ2v) is 7.97. The molecule has 3 heterocycles. The molecule has 1 saturated carbocycles.